The van der Waals surface area contributed by atoms with Crippen molar-refractivity contribution >= 4 is 22.4 Å². The van der Waals surface area contributed by atoms with E-state index in [0.29, 0.717) is 13.1 Å². The fourth-order valence-electron chi connectivity index (χ4n) is 0.202. The van der Waals surface area contributed by atoms with Crippen LogP contribution in [0, 0.1) is 0 Å². The summed E-state index contributed by atoms with van der Waals surface area (Å²) < 4.78 is 5.33. The van der Waals surface area contributed by atoms with Crippen molar-refractivity contribution in [1.29, 1.82) is 0 Å². The number of allylic oxidation sites excluding steroid dienone is 1. The molecule has 0 atom stereocenters. The van der Waals surface area contributed by atoms with Gasteiger partial charge in [0.25, 0.3) is 6.47 Å². The van der Waals surface area contributed by atoms with Crippen LogP contribution in [0.3, 0.4) is 0 Å². The summed E-state index contributed by atoms with van der Waals surface area (Å²) in [6.07, 6.45) is 1.76. The highest BCUT2D eigenvalue weighted by Crippen LogP contribution is 1.99. The number of ether oxygens (including phenoxy) is 1. The summed E-state index contributed by atoms with van der Waals surface area (Å²) in [6.45, 7) is 2.64. The van der Waals surface area contributed by atoms with E-state index >= 15 is 0 Å². The molecule has 0 aromatic rings. The fraction of sp³-hybridized carbons (Fsp3) is 0.400. The largest absolute Gasteiger partial charge is 0.464 e. The first-order chi connectivity index (χ1) is 3.77. The van der Waals surface area contributed by atoms with Gasteiger partial charge in [0.05, 0.1) is 0 Å². The van der Waals surface area contributed by atoms with Crippen LogP contribution in [0.1, 0.15) is 6.92 Å². The molecule has 2 nitrogen and oxygen atoms in total. The van der Waals surface area contributed by atoms with Gasteiger partial charge in [0.2, 0.25) is 0 Å². The Bertz CT molecular complexity index is 94.6. The van der Waals surface area contributed by atoms with Crippen molar-refractivity contribution in [1.82, 2.24) is 0 Å². The number of hydrogen-bond donors (Lipinski definition) is 0. The van der Waals surface area contributed by atoms with Crippen LogP contribution in [-0.4, -0.2) is 13.1 Å². The molecule has 0 N–H and O–H groups in total. The third-order valence-corrected chi connectivity index (χ3v) is 0.853. The first-order valence-electron chi connectivity index (χ1n) is 2.15. The minimum absolute atomic E-state index is 0.348. The second-order valence-corrected chi connectivity index (χ2v) is 2.47. The Morgan fingerprint density at radius 3 is 2.88 bits per heavy atom. The van der Waals surface area contributed by atoms with E-state index in [2.05, 4.69) is 20.7 Å². The van der Waals surface area contributed by atoms with Gasteiger partial charge >= 0.3 is 0 Å². The molecule has 0 amide bonds. The quantitative estimate of drug-likeness (QED) is 0.484. The standard InChI is InChI=1S/C5H7BrO2/c1-5(6)2-3-8-4-7/h2,4H,3H2,1H3. The molecule has 46 valence electrons. The van der Waals surface area contributed by atoms with Gasteiger partial charge in [-0.1, -0.05) is 15.9 Å². The predicted molar refractivity (Wildman–Crippen MR) is 34.7 cm³/mol. The van der Waals surface area contributed by atoms with Gasteiger partial charge in [0, 0.05) is 0 Å². The zero-order valence-electron chi connectivity index (χ0n) is 4.56. The lowest BCUT2D eigenvalue weighted by Crippen LogP contribution is -1.85. The highest BCUT2D eigenvalue weighted by atomic mass is 79.9. The molecule has 0 spiro atoms. The molecule has 8 heavy (non-hydrogen) atoms. The monoisotopic (exact) mass is 178 g/mol. The Morgan fingerprint density at radius 1 is 1.88 bits per heavy atom. The molecular formula is C5H7BrO2. The van der Waals surface area contributed by atoms with Gasteiger partial charge in [-0.05, 0) is 17.5 Å². The lowest BCUT2D eigenvalue weighted by molar-refractivity contribution is -0.127. The van der Waals surface area contributed by atoms with Crippen molar-refractivity contribution in [2.75, 3.05) is 6.61 Å². The van der Waals surface area contributed by atoms with E-state index < -0.39 is 0 Å². The maximum absolute atomic E-state index is 9.52. The number of carbonyl (C=O) groups is 1. The first kappa shape index (κ1) is 7.69. The second-order valence-electron chi connectivity index (χ2n) is 1.22. The van der Waals surface area contributed by atoms with Gasteiger partial charge in [0.15, 0.2) is 0 Å². The van der Waals surface area contributed by atoms with E-state index in [1.807, 2.05) is 6.92 Å². The average molecular weight is 179 g/mol. The van der Waals surface area contributed by atoms with Gasteiger partial charge < -0.3 is 4.74 Å². The van der Waals surface area contributed by atoms with Crippen molar-refractivity contribution in [3.05, 3.63) is 10.6 Å². The third-order valence-electron chi connectivity index (χ3n) is 0.529. The van der Waals surface area contributed by atoms with Crippen LogP contribution >= 0.6 is 15.9 Å². The van der Waals surface area contributed by atoms with Crippen LogP contribution in [0.4, 0.5) is 0 Å². The molecular weight excluding hydrogens is 172 g/mol. The normalized spacial score (nSPS) is 11.0. The van der Waals surface area contributed by atoms with E-state index in [1.165, 1.54) is 0 Å². The highest BCUT2D eigenvalue weighted by Gasteiger charge is 1.77. The summed E-state index contributed by atoms with van der Waals surface area (Å²) in [6, 6.07) is 0. The van der Waals surface area contributed by atoms with Crippen molar-refractivity contribution in [2.24, 2.45) is 0 Å². The Kier molecular flexibility index (Phi) is 4.65. The van der Waals surface area contributed by atoms with E-state index in [1.54, 1.807) is 6.08 Å². The van der Waals surface area contributed by atoms with E-state index in [0.717, 1.165) is 4.48 Å². The SMILES string of the molecule is CC(Br)=CCOC=O. The van der Waals surface area contributed by atoms with Crippen LogP contribution < -0.4 is 0 Å². The molecule has 0 heterocycles. The van der Waals surface area contributed by atoms with Crippen molar-refractivity contribution in [2.45, 2.75) is 6.92 Å². The van der Waals surface area contributed by atoms with Gasteiger partial charge in [-0.25, -0.2) is 0 Å². The zero-order chi connectivity index (χ0) is 6.41. The topological polar surface area (TPSA) is 26.3 Å². The molecule has 0 unspecified atom stereocenters. The third kappa shape index (κ3) is 5.69. The maximum Gasteiger partial charge on any atom is 0.293 e. The summed E-state index contributed by atoms with van der Waals surface area (Å²) in [5.74, 6) is 0. The Morgan fingerprint density at radius 2 is 2.50 bits per heavy atom. The lowest BCUT2D eigenvalue weighted by atomic mass is 10.6. The zero-order valence-corrected chi connectivity index (χ0v) is 6.14. The molecule has 0 aliphatic carbocycles. The average Bonchev–Trinajstić information content (AvgIpc) is 1.66. The van der Waals surface area contributed by atoms with Crippen LogP contribution in [0.15, 0.2) is 10.6 Å². The lowest BCUT2D eigenvalue weighted by Gasteiger charge is -1.87. The number of halogens is 1. The Labute approximate surface area is 56.7 Å². The molecule has 0 aliphatic heterocycles. The molecule has 0 saturated carbocycles. The van der Waals surface area contributed by atoms with Crippen LogP contribution in [0.25, 0.3) is 0 Å². The van der Waals surface area contributed by atoms with E-state index in [4.69, 9.17) is 0 Å². The number of hydrogen-bond acceptors (Lipinski definition) is 2. The smallest absolute Gasteiger partial charge is 0.293 e. The summed E-state index contributed by atoms with van der Waals surface area (Å²) in [7, 11) is 0. The predicted octanol–water partition coefficient (Wildman–Crippen LogP) is 1.46. The molecule has 3 heteroatoms. The van der Waals surface area contributed by atoms with Crippen LogP contribution in [0.2, 0.25) is 0 Å². The summed E-state index contributed by atoms with van der Waals surface area (Å²) in [4.78, 5) is 9.52. The van der Waals surface area contributed by atoms with Crippen LogP contribution in [-0.2, 0) is 9.53 Å². The molecule has 0 aromatic carbocycles. The highest BCUT2D eigenvalue weighted by molar-refractivity contribution is 9.11. The van der Waals surface area contributed by atoms with E-state index in [-0.39, 0.29) is 0 Å². The molecule has 0 bridgehead atoms. The number of rotatable bonds is 3. The summed E-state index contributed by atoms with van der Waals surface area (Å²) in [5, 5.41) is 0. The molecule has 0 aromatic heterocycles. The summed E-state index contributed by atoms with van der Waals surface area (Å²) in [5.41, 5.74) is 0. The minimum atomic E-state index is 0.348. The minimum Gasteiger partial charge on any atom is -0.464 e. The second kappa shape index (κ2) is 4.84. The van der Waals surface area contributed by atoms with Gasteiger partial charge in [0.1, 0.15) is 6.61 Å². The number of carbonyl (C=O) groups excluding carboxylic acids is 1. The van der Waals surface area contributed by atoms with Crippen molar-refractivity contribution < 1.29 is 9.53 Å². The van der Waals surface area contributed by atoms with Crippen molar-refractivity contribution in [3.63, 3.8) is 0 Å². The van der Waals surface area contributed by atoms with Gasteiger partial charge in [-0.15, -0.1) is 0 Å². The first-order valence-corrected chi connectivity index (χ1v) is 2.94. The molecule has 0 rings (SSSR count). The summed E-state index contributed by atoms with van der Waals surface area (Å²) >= 11 is 3.17. The fourth-order valence-corrected chi connectivity index (χ4v) is 0.334. The maximum atomic E-state index is 9.52. The molecule has 0 aliphatic rings. The van der Waals surface area contributed by atoms with Crippen molar-refractivity contribution in [3.8, 4) is 0 Å². The Balaban J connectivity index is 3.15. The molecule has 0 saturated heterocycles. The van der Waals surface area contributed by atoms with Gasteiger partial charge in [-0.3, -0.25) is 4.79 Å². The molecule has 0 radical (unpaired) electrons. The Hall–Kier alpha value is -0.310. The van der Waals surface area contributed by atoms with Gasteiger partial charge in [-0.2, -0.15) is 0 Å². The van der Waals surface area contributed by atoms with E-state index in [9.17, 15) is 4.79 Å². The molecule has 0 fully saturated rings. The van der Waals surface area contributed by atoms with Crippen LogP contribution in [0.5, 0.6) is 0 Å².